The highest BCUT2D eigenvalue weighted by atomic mass is 28.3. The maximum atomic E-state index is 4.17. The van der Waals surface area contributed by atoms with E-state index < -0.39 is 16.1 Å². The second-order valence-electron chi connectivity index (χ2n) is 17.6. The Bertz CT molecular complexity index is 2110. The first-order chi connectivity index (χ1) is 23.7. The molecule has 0 saturated heterocycles. The fourth-order valence-electron chi connectivity index (χ4n) is 10.1. The third kappa shape index (κ3) is 5.67. The van der Waals surface area contributed by atoms with Crippen LogP contribution in [0.3, 0.4) is 0 Å². The van der Waals surface area contributed by atoms with Crippen LogP contribution in [-0.2, 0) is 0 Å². The van der Waals surface area contributed by atoms with Gasteiger partial charge in [-0.05, 0) is 163 Å². The molecule has 2 heteroatoms. The van der Waals surface area contributed by atoms with Gasteiger partial charge in [-0.3, -0.25) is 0 Å². The van der Waals surface area contributed by atoms with E-state index >= 15 is 0 Å². The molecule has 0 amide bonds. The molecular formula is C48H58Si2. The molecule has 0 radical (unpaired) electrons. The zero-order valence-electron chi connectivity index (χ0n) is 32.9. The molecule has 258 valence electrons. The van der Waals surface area contributed by atoms with Crippen molar-refractivity contribution in [1.82, 2.24) is 0 Å². The summed E-state index contributed by atoms with van der Waals surface area (Å²) >= 11 is 0. The summed E-state index contributed by atoms with van der Waals surface area (Å²) in [6, 6.07) is 19.3. The summed E-state index contributed by atoms with van der Waals surface area (Å²) in [5.74, 6) is 7.99. The molecule has 0 unspecified atom stereocenters. The monoisotopic (exact) mass is 690 g/mol. The van der Waals surface area contributed by atoms with E-state index in [-0.39, 0.29) is 0 Å². The summed E-state index contributed by atoms with van der Waals surface area (Å²) in [5.41, 5.74) is 20.5. The molecule has 2 aliphatic rings. The molecule has 0 heterocycles. The van der Waals surface area contributed by atoms with Crippen LogP contribution in [0, 0.1) is 50.6 Å². The largest absolute Gasteiger partial charge is 0.147 e. The highest BCUT2D eigenvalue weighted by molar-refractivity contribution is 6.92. The molecule has 50 heavy (non-hydrogen) atoms. The van der Waals surface area contributed by atoms with Gasteiger partial charge in [0.05, 0.1) is 0 Å². The Morgan fingerprint density at radius 2 is 0.720 bits per heavy atom. The van der Waals surface area contributed by atoms with Crippen molar-refractivity contribution in [2.45, 2.75) is 142 Å². The molecule has 2 aliphatic carbocycles. The number of benzene rings is 5. The van der Waals surface area contributed by atoms with Crippen LogP contribution in [-0.4, -0.2) is 16.1 Å². The Morgan fingerprint density at radius 1 is 0.440 bits per heavy atom. The fourth-order valence-corrected chi connectivity index (χ4v) is 21.0. The Morgan fingerprint density at radius 3 is 1.00 bits per heavy atom. The van der Waals surface area contributed by atoms with Gasteiger partial charge >= 0.3 is 0 Å². The lowest BCUT2D eigenvalue weighted by atomic mass is 9.88. The van der Waals surface area contributed by atoms with Crippen LogP contribution in [0.1, 0.15) is 114 Å². The molecular weight excluding hydrogens is 633 g/mol. The molecule has 2 saturated carbocycles. The lowest BCUT2D eigenvalue weighted by Crippen LogP contribution is -2.40. The quantitative estimate of drug-likeness (QED) is 0.0945. The minimum absolute atomic E-state index is 0.655. The van der Waals surface area contributed by atoms with Crippen molar-refractivity contribution in [3.8, 4) is 22.9 Å². The smallest absolute Gasteiger partial charge is 0.125 e. The van der Waals surface area contributed by atoms with E-state index in [4.69, 9.17) is 0 Å². The molecule has 5 aromatic carbocycles. The van der Waals surface area contributed by atoms with E-state index in [1.165, 1.54) is 102 Å². The van der Waals surface area contributed by atoms with Crippen LogP contribution in [0.4, 0.5) is 0 Å². The SMILES string of the molecule is Cc1cc2cc3cc4cc5c(C#C[Si](C(C)C)(C(C)C)C6CC6)c(C)c(C)c(C#C[Si](C(C)C)(C(C)C)C6CC6)c5cc4cc3cc2cc1C. The average molecular weight is 691 g/mol. The third-order valence-electron chi connectivity index (χ3n) is 13.5. The van der Waals surface area contributed by atoms with Gasteiger partial charge in [0.15, 0.2) is 0 Å². The Balaban J connectivity index is 1.53. The minimum Gasteiger partial charge on any atom is -0.125 e. The van der Waals surface area contributed by atoms with Crippen LogP contribution in [0.2, 0.25) is 33.2 Å². The van der Waals surface area contributed by atoms with Crippen LogP contribution < -0.4 is 0 Å². The van der Waals surface area contributed by atoms with E-state index in [1.807, 2.05) is 0 Å². The fraction of sp³-hybridized carbons (Fsp3) is 0.458. The van der Waals surface area contributed by atoms with Gasteiger partial charge in [0.25, 0.3) is 0 Å². The zero-order valence-corrected chi connectivity index (χ0v) is 34.9. The first-order valence-corrected chi connectivity index (χ1v) is 24.1. The Labute approximate surface area is 304 Å². The normalized spacial score (nSPS) is 15.5. The van der Waals surface area contributed by atoms with Gasteiger partial charge in [-0.25, -0.2) is 0 Å². The van der Waals surface area contributed by atoms with Gasteiger partial charge in [-0.2, -0.15) is 0 Å². The van der Waals surface area contributed by atoms with Crippen molar-refractivity contribution in [2.24, 2.45) is 0 Å². The molecule has 7 rings (SSSR count). The lowest BCUT2D eigenvalue weighted by molar-refractivity contribution is 0.891. The standard InChI is InChI=1S/C48H58Si2/c1-29(2)49(30(3)4,43-13-14-43)19-17-45-35(11)36(12)46(18-20-50(31(5)6,32(7)8)44-15-16-44)48-28-42-26-40-24-38-22-34(10)33(9)21-37(38)23-39(40)25-41(42)27-47(45)48/h21-32,43-44H,13-16H2,1-12H3. The first-order valence-electron chi connectivity index (χ1n) is 19.6. The van der Waals surface area contributed by atoms with E-state index in [0.717, 1.165) is 11.1 Å². The number of hydrogen-bond acceptors (Lipinski definition) is 0. The predicted octanol–water partition coefficient (Wildman–Crippen LogP) is 14.2. The Kier molecular flexibility index (Phi) is 8.94. The van der Waals surface area contributed by atoms with E-state index in [2.05, 4.69) is 155 Å². The van der Waals surface area contributed by atoms with Gasteiger partial charge in [0.1, 0.15) is 16.1 Å². The average Bonchev–Trinajstić information content (AvgIpc) is 3.97. The summed E-state index contributed by atoms with van der Waals surface area (Å²) in [6.07, 6.45) is 5.48. The van der Waals surface area contributed by atoms with E-state index in [1.54, 1.807) is 0 Å². The van der Waals surface area contributed by atoms with E-state index in [9.17, 15) is 0 Å². The third-order valence-corrected chi connectivity index (χ3v) is 26.1. The minimum atomic E-state index is -1.82. The molecule has 2 fully saturated rings. The number of aryl methyl sites for hydroxylation is 2. The van der Waals surface area contributed by atoms with Crippen molar-refractivity contribution < 1.29 is 0 Å². The first kappa shape index (κ1) is 35.1. The summed E-state index contributed by atoms with van der Waals surface area (Å²) in [4.78, 5) is 0. The second-order valence-corrected chi connectivity index (χ2v) is 28.1. The zero-order chi connectivity index (χ0) is 35.9. The predicted molar refractivity (Wildman–Crippen MR) is 227 cm³/mol. The number of hydrogen-bond donors (Lipinski definition) is 0. The lowest BCUT2D eigenvalue weighted by Gasteiger charge is -2.34. The van der Waals surface area contributed by atoms with Crippen molar-refractivity contribution >= 4 is 59.2 Å². The van der Waals surface area contributed by atoms with Crippen LogP contribution in [0.15, 0.2) is 48.5 Å². The highest BCUT2D eigenvalue weighted by Crippen LogP contribution is 2.55. The number of rotatable bonds is 6. The van der Waals surface area contributed by atoms with Crippen molar-refractivity contribution in [3.05, 3.63) is 81.9 Å². The van der Waals surface area contributed by atoms with Gasteiger partial charge in [-0.15, -0.1) is 11.1 Å². The van der Waals surface area contributed by atoms with Gasteiger partial charge in [0, 0.05) is 11.1 Å². The number of fused-ring (bicyclic) bond motifs is 4. The summed E-state index contributed by atoms with van der Waals surface area (Å²) in [7, 11) is -3.64. The van der Waals surface area contributed by atoms with Crippen LogP contribution >= 0.6 is 0 Å². The van der Waals surface area contributed by atoms with Crippen molar-refractivity contribution in [3.63, 3.8) is 0 Å². The highest BCUT2D eigenvalue weighted by Gasteiger charge is 2.52. The van der Waals surface area contributed by atoms with Crippen LogP contribution in [0.25, 0.3) is 43.1 Å². The van der Waals surface area contributed by atoms with Gasteiger partial charge in [-0.1, -0.05) is 105 Å². The summed E-state index contributed by atoms with van der Waals surface area (Å²) in [6.45, 7) is 28.7. The molecule has 0 bridgehead atoms. The molecule has 0 N–H and O–H groups in total. The Hall–Kier alpha value is -3.31. The van der Waals surface area contributed by atoms with Crippen molar-refractivity contribution in [1.29, 1.82) is 0 Å². The van der Waals surface area contributed by atoms with Gasteiger partial charge < -0.3 is 0 Å². The van der Waals surface area contributed by atoms with Crippen LogP contribution in [0.5, 0.6) is 0 Å². The second kappa shape index (κ2) is 12.7. The molecule has 0 spiro atoms. The van der Waals surface area contributed by atoms with Crippen molar-refractivity contribution in [2.75, 3.05) is 0 Å². The molecule has 0 aromatic heterocycles. The maximum absolute atomic E-state index is 4.17. The maximum Gasteiger partial charge on any atom is 0.147 e. The molecule has 0 atom stereocenters. The summed E-state index contributed by atoms with van der Waals surface area (Å²) in [5, 5.41) is 10.4. The topological polar surface area (TPSA) is 0 Å². The molecule has 0 nitrogen and oxygen atoms in total. The molecule has 5 aromatic rings. The molecule has 0 aliphatic heterocycles. The van der Waals surface area contributed by atoms with E-state index in [0.29, 0.717) is 22.2 Å². The van der Waals surface area contributed by atoms with Gasteiger partial charge in [0.2, 0.25) is 0 Å². The summed E-state index contributed by atoms with van der Waals surface area (Å²) < 4.78 is 0.